The molecule has 16 heavy (non-hydrogen) atoms. The van der Waals surface area contributed by atoms with Crippen molar-refractivity contribution in [1.82, 2.24) is 0 Å². The van der Waals surface area contributed by atoms with E-state index in [1.54, 1.807) is 0 Å². The molecule has 0 bridgehead atoms. The first-order valence-corrected chi connectivity index (χ1v) is 4.69. The van der Waals surface area contributed by atoms with Crippen molar-refractivity contribution in [3.05, 3.63) is 29.3 Å². The van der Waals surface area contributed by atoms with Crippen molar-refractivity contribution >= 4 is 0 Å². The molecule has 0 spiro atoms. The molecule has 6 heteroatoms. The highest BCUT2D eigenvalue weighted by atomic mass is 19.4. The highest BCUT2D eigenvalue weighted by molar-refractivity contribution is 5.41. The number of rotatable bonds is 2. The zero-order chi connectivity index (χ0) is 11.8. The number of benzene rings is 1. The van der Waals surface area contributed by atoms with Crippen molar-refractivity contribution in [3.63, 3.8) is 0 Å². The molecule has 1 atom stereocenters. The second-order valence-electron chi connectivity index (χ2n) is 3.60. The largest absolute Gasteiger partial charge is 0.487 e. The van der Waals surface area contributed by atoms with Gasteiger partial charge in [-0.1, -0.05) is 0 Å². The first kappa shape index (κ1) is 11.2. The Balaban J connectivity index is 2.21. The Labute approximate surface area is 89.9 Å². The third-order valence-electron chi connectivity index (χ3n) is 2.41. The van der Waals surface area contributed by atoms with Crippen LogP contribution in [-0.2, 0) is 17.4 Å². The van der Waals surface area contributed by atoms with Gasteiger partial charge >= 0.3 is 6.18 Å². The summed E-state index contributed by atoms with van der Waals surface area (Å²) >= 11 is 0. The van der Waals surface area contributed by atoms with E-state index in [4.69, 9.17) is 10.6 Å². The summed E-state index contributed by atoms with van der Waals surface area (Å²) in [6.07, 6.45) is -4.24. The van der Waals surface area contributed by atoms with Gasteiger partial charge in [-0.2, -0.15) is 13.2 Å². The lowest BCUT2D eigenvalue weighted by molar-refractivity contribution is -0.137. The van der Waals surface area contributed by atoms with Gasteiger partial charge < -0.3 is 9.57 Å². The van der Waals surface area contributed by atoms with Gasteiger partial charge in [0.25, 0.3) is 0 Å². The topological polar surface area (TPSA) is 44.5 Å². The number of halogens is 3. The van der Waals surface area contributed by atoms with Gasteiger partial charge in [-0.25, -0.2) is 5.90 Å². The van der Waals surface area contributed by atoms with Crippen LogP contribution >= 0.6 is 0 Å². The average molecular weight is 233 g/mol. The van der Waals surface area contributed by atoms with Gasteiger partial charge in [0, 0.05) is 6.42 Å². The smallest absolute Gasteiger partial charge is 0.416 e. The maximum Gasteiger partial charge on any atom is 0.416 e. The van der Waals surface area contributed by atoms with Gasteiger partial charge in [-0.15, -0.1) is 0 Å². The lowest BCUT2D eigenvalue weighted by atomic mass is 10.1. The van der Waals surface area contributed by atoms with Gasteiger partial charge in [-0.05, 0) is 23.8 Å². The van der Waals surface area contributed by atoms with E-state index in [9.17, 15) is 13.2 Å². The third-order valence-corrected chi connectivity index (χ3v) is 2.41. The summed E-state index contributed by atoms with van der Waals surface area (Å²) in [5.41, 5.74) is -0.124. The molecule has 1 unspecified atom stereocenters. The number of hydrogen-bond donors (Lipinski definition) is 1. The first-order valence-electron chi connectivity index (χ1n) is 4.69. The van der Waals surface area contributed by atoms with Crippen molar-refractivity contribution in [2.45, 2.75) is 18.7 Å². The molecule has 1 aliphatic heterocycles. The second-order valence-corrected chi connectivity index (χ2v) is 3.60. The van der Waals surface area contributed by atoms with Crippen LogP contribution in [0.4, 0.5) is 13.2 Å². The van der Waals surface area contributed by atoms with Crippen LogP contribution in [0.1, 0.15) is 11.1 Å². The minimum atomic E-state index is -4.32. The Bertz CT molecular complexity index is 392. The summed E-state index contributed by atoms with van der Waals surface area (Å²) in [4.78, 5) is 4.41. The summed E-state index contributed by atoms with van der Waals surface area (Å²) in [5.74, 6) is 5.35. The number of nitrogens with two attached hydrogens (primary N) is 1. The van der Waals surface area contributed by atoms with Crippen LogP contribution in [0.5, 0.6) is 5.75 Å². The van der Waals surface area contributed by atoms with E-state index in [1.807, 2.05) is 0 Å². The molecule has 2 N–H and O–H groups in total. The molecule has 0 amide bonds. The van der Waals surface area contributed by atoms with Crippen molar-refractivity contribution in [3.8, 4) is 5.75 Å². The van der Waals surface area contributed by atoms with Crippen molar-refractivity contribution in [2.24, 2.45) is 5.90 Å². The van der Waals surface area contributed by atoms with Crippen molar-refractivity contribution < 1.29 is 22.7 Å². The van der Waals surface area contributed by atoms with Crippen LogP contribution in [0.15, 0.2) is 18.2 Å². The summed E-state index contributed by atoms with van der Waals surface area (Å²) in [5, 5.41) is 0. The Morgan fingerprint density at radius 2 is 2.19 bits per heavy atom. The minimum Gasteiger partial charge on any atom is -0.487 e. The standard InChI is InChI=1S/C10H10F3NO2/c11-10(12,13)7-1-2-9-6(3-7)4-8(16-9)5-15-14/h1-3,8H,4-5,14H2. The van der Waals surface area contributed by atoms with E-state index in [0.717, 1.165) is 12.1 Å². The van der Waals surface area contributed by atoms with Crippen LogP contribution in [0.25, 0.3) is 0 Å². The minimum absolute atomic E-state index is 0.163. The van der Waals surface area contributed by atoms with E-state index >= 15 is 0 Å². The fourth-order valence-corrected chi connectivity index (χ4v) is 1.70. The molecule has 0 aromatic heterocycles. The Morgan fingerprint density at radius 1 is 1.44 bits per heavy atom. The van der Waals surface area contributed by atoms with E-state index in [2.05, 4.69) is 4.84 Å². The molecule has 1 heterocycles. The fourth-order valence-electron chi connectivity index (χ4n) is 1.70. The molecule has 1 aromatic carbocycles. The molecule has 2 rings (SSSR count). The van der Waals surface area contributed by atoms with Crippen LogP contribution in [0.2, 0.25) is 0 Å². The number of hydrogen-bond acceptors (Lipinski definition) is 3. The summed E-state index contributed by atoms with van der Waals surface area (Å²) in [7, 11) is 0. The molecule has 0 saturated heterocycles. The third kappa shape index (κ3) is 2.12. The molecule has 0 fully saturated rings. The number of fused-ring (bicyclic) bond motifs is 1. The zero-order valence-corrected chi connectivity index (χ0v) is 8.25. The second kappa shape index (κ2) is 3.95. The highest BCUT2D eigenvalue weighted by Gasteiger charge is 2.33. The molecule has 88 valence electrons. The van der Waals surface area contributed by atoms with Gasteiger partial charge in [0.05, 0.1) is 5.56 Å². The van der Waals surface area contributed by atoms with E-state index < -0.39 is 11.7 Å². The zero-order valence-electron chi connectivity index (χ0n) is 8.25. The maximum atomic E-state index is 12.4. The lowest BCUT2D eigenvalue weighted by Crippen LogP contribution is -2.22. The molecule has 3 nitrogen and oxygen atoms in total. The van der Waals surface area contributed by atoms with Crippen molar-refractivity contribution in [2.75, 3.05) is 6.61 Å². The molecule has 0 radical (unpaired) electrons. The molecule has 0 saturated carbocycles. The average Bonchev–Trinajstić information content (AvgIpc) is 2.57. The van der Waals surface area contributed by atoms with Gasteiger partial charge in [0.1, 0.15) is 18.5 Å². The van der Waals surface area contributed by atoms with Gasteiger partial charge in [0.15, 0.2) is 0 Å². The van der Waals surface area contributed by atoms with Crippen LogP contribution in [0, 0.1) is 0 Å². The van der Waals surface area contributed by atoms with Crippen LogP contribution < -0.4 is 10.6 Å². The number of alkyl halides is 3. The van der Waals surface area contributed by atoms with Crippen molar-refractivity contribution in [1.29, 1.82) is 0 Å². The maximum absolute atomic E-state index is 12.4. The van der Waals surface area contributed by atoms with Crippen LogP contribution in [-0.4, -0.2) is 12.7 Å². The van der Waals surface area contributed by atoms with E-state index in [0.29, 0.717) is 17.7 Å². The summed E-state index contributed by atoms with van der Waals surface area (Å²) in [6, 6.07) is 3.44. The summed E-state index contributed by atoms with van der Waals surface area (Å²) in [6.45, 7) is 0.163. The van der Waals surface area contributed by atoms with E-state index in [1.165, 1.54) is 6.07 Å². The lowest BCUT2D eigenvalue weighted by Gasteiger charge is -2.08. The van der Waals surface area contributed by atoms with E-state index in [-0.39, 0.29) is 12.7 Å². The molecule has 1 aromatic rings. The highest BCUT2D eigenvalue weighted by Crippen LogP contribution is 2.35. The Morgan fingerprint density at radius 3 is 2.81 bits per heavy atom. The number of ether oxygens (including phenoxy) is 1. The Kier molecular flexibility index (Phi) is 2.77. The first-order chi connectivity index (χ1) is 7.50. The molecular weight excluding hydrogens is 223 g/mol. The monoisotopic (exact) mass is 233 g/mol. The SMILES string of the molecule is NOCC1Cc2cc(C(F)(F)F)ccc2O1. The Hall–Kier alpha value is -1.27. The van der Waals surface area contributed by atoms with Gasteiger partial charge in [-0.3, -0.25) is 0 Å². The predicted molar refractivity (Wildman–Crippen MR) is 49.7 cm³/mol. The van der Waals surface area contributed by atoms with Gasteiger partial charge in [0.2, 0.25) is 0 Å². The normalized spacial score (nSPS) is 19.4. The van der Waals surface area contributed by atoms with Crippen LogP contribution in [0.3, 0.4) is 0 Å². The quantitative estimate of drug-likeness (QED) is 0.793. The predicted octanol–water partition coefficient (Wildman–Crippen LogP) is 1.90. The molecule has 0 aliphatic carbocycles. The molecule has 1 aliphatic rings. The molecular formula is C10H10F3NO2. The summed E-state index contributed by atoms with van der Waals surface area (Å²) < 4.78 is 42.6. The fraction of sp³-hybridized carbons (Fsp3) is 0.400.